The monoisotopic (exact) mass is 211 g/mol. The average molecular weight is 211 g/mol. The average Bonchev–Trinajstić information content (AvgIpc) is 2.88. The summed E-state index contributed by atoms with van der Waals surface area (Å²) in [6, 6.07) is -0.363. The summed E-state index contributed by atoms with van der Waals surface area (Å²) in [7, 11) is 0. The van der Waals surface area contributed by atoms with Gasteiger partial charge in [-0.25, -0.2) is 0 Å². The van der Waals surface area contributed by atoms with E-state index in [1.165, 1.54) is 0 Å². The van der Waals surface area contributed by atoms with Crippen LogP contribution in [0, 0.1) is 5.92 Å². The number of hydrogen-bond donors (Lipinski definition) is 2. The molecular weight excluding hydrogens is 194 g/mol. The second-order valence-electron chi connectivity index (χ2n) is 4.28. The first-order chi connectivity index (χ1) is 7.20. The van der Waals surface area contributed by atoms with Crippen molar-refractivity contribution >= 4 is 11.8 Å². The van der Waals surface area contributed by atoms with Crippen molar-refractivity contribution in [1.82, 2.24) is 10.2 Å². The van der Waals surface area contributed by atoms with E-state index in [9.17, 15) is 9.59 Å². The van der Waals surface area contributed by atoms with E-state index in [0.717, 1.165) is 32.4 Å². The molecule has 0 bridgehead atoms. The van der Waals surface area contributed by atoms with Gasteiger partial charge in [-0.15, -0.1) is 0 Å². The quantitative estimate of drug-likeness (QED) is 0.620. The van der Waals surface area contributed by atoms with Gasteiger partial charge in [0.1, 0.15) is 6.04 Å². The van der Waals surface area contributed by atoms with E-state index in [1.807, 2.05) is 0 Å². The van der Waals surface area contributed by atoms with Crippen molar-refractivity contribution in [3.63, 3.8) is 0 Å². The van der Waals surface area contributed by atoms with Crippen LogP contribution in [0.25, 0.3) is 0 Å². The summed E-state index contributed by atoms with van der Waals surface area (Å²) in [5.74, 6) is -0.224. The molecule has 0 aromatic heterocycles. The maximum Gasteiger partial charge on any atom is 0.240 e. The van der Waals surface area contributed by atoms with Crippen LogP contribution >= 0.6 is 0 Å². The highest BCUT2D eigenvalue weighted by Crippen LogP contribution is 2.21. The third kappa shape index (κ3) is 1.97. The van der Waals surface area contributed by atoms with E-state index in [1.54, 1.807) is 4.90 Å². The van der Waals surface area contributed by atoms with E-state index in [2.05, 4.69) is 5.32 Å². The first-order valence-corrected chi connectivity index (χ1v) is 5.50. The molecule has 0 radical (unpaired) electrons. The minimum atomic E-state index is -0.369. The number of carbonyl (C=O) groups is 2. The summed E-state index contributed by atoms with van der Waals surface area (Å²) in [6.45, 7) is 2.31. The van der Waals surface area contributed by atoms with Gasteiger partial charge < -0.3 is 16.0 Å². The smallest absolute Gasteiger partial charge is 0.240 e. The van der Waals surface area contributed by atoms with E-state index in [-0.39, 0.29) is 23.8 Å². The number of rotatable bonds is 2. The van der Waals surface area contributed by atoms with Crippen molar-refractivity contribution in [1.29, 1.82) is 0 Å². The lowest BCUT2D eigenvalue weighted by Crippen LogP contribution is -2.46. The van der Waals surface area contributed by atoms with Gasteiger partial charge in [0.05, 0.1) is 5.92 Å². The molecule has 0 aliphatic carbocycles. The van der Waals surface area contributed by atoms with Gasteiger partial charge in [0, 0.05) is 13.1 Å². The van der Waals surface area contributed by atoms with Crippen LogP contribution in [0.2, 0.25) is 0 Å². The molecule has 0 spiro atoms. The highest BCUT2D eigenvalue weighted by molar-refractivity contribution is 5.88. The van der Waals surface area contributed by atoms with Crippen molar-refractivity contribution in [2.24, 2.45) is 11.7 Å². The molecule has 2 fully saturated rings. The zero-order chi connectivity index (χ0) is 10.8. The summed E-state index contributed by atoms with van der Waals surface area (Å²) < 4.78 is 0. The fraction of sp³-hybridized carbons (Fsp3) is 0.800. The first-order valence-electron chi connectivity index (χ1n) is 5.50. The number of nitrogens with zero attached hydrogens (tertiary/aromatic N) is 1. The van der Waals surface area contributed by atoms with Gasteiger partial charge in [-0.05, 0) is 25.8 Å². The van der Waals surface area contributed by atoms with E-state index < -0.39 is 0 Å². The fourth-order valence-electron chi connectivity index (χ4n) is 2.43. The van der Waals surface area contributed by atoms with Crippen molar-refractivity contribution in [3.8, 4) is 0 Å². The molecule has 0 aromatic rings. The lowest BCUT2D eigenvalue weighted by atomic mass is 10.1. The number of amides is 2. The summed E-state index contributed by atoms with van der Waals surface area (Å²) in [5.41, 5.74) is 5.28. The molecule has 2 aliphatic heterocycles. The second-order valence-corrected chi connectivity index (χ2v) is 4.28. The van der Waals surface area contributed by atoms with Gasteiger partial charge in [0.25, 0.3) is 0 Å². The zero-order valence-electron chi connectivity index (χ0n) is 8.74. The maximum atomic E-state index is 12.0. The Balaban J connectivity index is 2.02. The minimum absolute atomic E-state index is 0.0462. The Labute approximate surface area is 89.0 Å². The maximum absolute atomic E-state index is 12.0. The molecule has 0 aromatic carbocycles. The van der Waals surface area contributed by atoms with E-state index >= 15 is 0 Å². The molecule has 5 heteroatoms. The molecule has 2 atom stereocenters. The second kappa shape index (κ2) is 4.18. The van der Waals surface area contributed by atoms with Gasteiger partial charge >= 0.3 is 0 Å². The molecule has 2 rings (SSSR count). The largest absolute Gasteiger partial charge is 0.368 e. The van der Waals surface area contributed by atoms with Gasteiger partial charge in [-0.3, -0.25) is 9.59 Å². The Morgan fingerprint density at radius 2 is 2.13 bits per heavy atom. The lowest BCUT2D eigenvalue weighted by Gasteiger charge is -2.24. The molecule has 2 saturated heterocycles. The summed E-state index contributed by atoms with van der Waals surface area (Å²) in [5, 5.41) is 3.16. The molecule has 15 heavy (non-hydrogen) atoms. The normalized spacial score (nSPS) is 30.8. The number of carbonyl (C=O) groups excluding carboxylic acids is 2. The van der Waals surface area contributed by atoms with Crippen molar-refractivity contribution in [2.75, 3.05) is 19.6 Å². The summed E-state index contributed by atoms with van der Waals surface area (Å²) in [6.07, 6.45) is 2.49. The summed E-state index contributed by atoms with van der Waals surface area (Å²) in [4.78, 5) is 24.9. The van der Waals surface area contributed by atoms with E-state index in [4.69, 9.17) is 5.73 Å². The third-order valence-corrected chi connectivity index (χ3v) is 3.27. The van der Waals surface area contributed by atoms with Crippen molar-refractivity contribution in [3.05, 3.63) is 0 Å². The van der Waals surface area contributed by atoms with Gasteiger partial charge in [-0.1, -0.05) is 0 Å². The number of likely N-dealkylation sites (tertiary alicyclic amines) is 1. The molecule has 1 unspecified atom stereocenters. The van der Waals surface area contributed by atoms with Crippen molar-refractivity contribution in [2.45, 2.75) is 25.3 Å². The van der Waals surface area contributed by atoms with Crippen LogP contribution in [-0.4, -0.2) is 42.4 Å². The highest BCUT2D eigenvalue weighted by Gasteiger charge is 2.36. The van der Waals surface area contributed by atoms with Crippen LogP contribution in [0.3, 0.4) is 0 Å². The fourth-order valence-corrected chi connectivity index (χ4v) is 2.43. The minimum Gasteiger partial charge on any atom is -0.368 e. The van der Waals surface area contributed by atoms with Gasteiger partial charge in [0.15, 0.2) is 0 Å². The molecule has 84 valence electrons. The Bertz CT molecular complexity index is 274. The predicted octanol–water partition coefficient (Wildman–Crippen LogP) is -0.928. The molecular formula is C10H17N3O2. The Morgan fingerprint density at radius 1 is 1.33 bits per heavy atom. The first kappa shape index (κ1) is 10.4. The topological polar surface area (TPSA) is 75.4 Å². The highest BCUT2D eigenvalue weighted by atomic mass is 16.2. The molecule has 0 saturated carbocycles. The third-order valence-electron chi connectivity index (χ3n) is 3.27. The lowest BCUT2D eigenvalue weighted by molar-refractivity contribution is -0.140. The van der Waals surface area contributed by atoms with E-state index in [0.29, 0.717) is 6.54 Å². The Morgan fingerprint density at radius 3 is 2.73 bits per heavy atom. The van der Waals surface area contributed by atoms with Crippen LogP contribution in [0.1, 0.15) is 19.3 Å². The van der Waals surface area contributed by atoms with Crippen LogP contribution < -0.4 is 11.1 Å². The van der Waals surface area contributed by atoms with Crippen LogP contribution in [0.15, 0.2) is 0 Å². The van der Waals surface area contributed by atoms with Gasteiger partial charge in [-0.2, -0.15) is 0 Å². The molecule has 2 amide bonds. The predicted molar refractivity (Wildman–Crippen MR) is 54.9 cm³/mol. The number of primary amides is 1. The Kier molecular flexibility index (Phi) is 2.90. The molecule has 2 aliphatic rings. The number of hydrogen-bond acceptors (Lipinski definition) is 3. The molecule has 5 nitrogen and oxygen atoms in total. The van der Waals surface area contributed by atoms with Gasteiger partial charge in [0.2, 0.25) is 11.8 Å². The Hall–Kier alpha value is -1.10. The van der Waals surface area contributed by atoms with Crippen molar-refractivity contribution < 1.29 is 9.59 Å². The van der Waals surface area contributed by atoms with Crippen LogP contribution in [0.4, 0.5) is 0 Å². The zero-order valence-corrected chi connectivity index (χ0v) is 8.74. The van der Waals surface area contributed by atoms with Crippen LogP contribution in [-0.2, 0) is 9.59 Å². The molecule has 2 heterocycles. The number of nitrogens with two attached hydrogens (primary N) is 1. The summed E-state index contributed by atoms with van der Waals surface area (Å²) >= 11 is 0. The van der Waals surface area contributed by atoms with Crippen LogP contribution in [0.5, 0.6) is 0 Å². The molecule has 3 N–H and O–H groups in total. The standard InChI is InChI=1S/C10H17N3O2/c11-9(14)8-2-1-5-13(8)10(15)7-3-4-12-6-7/h7-8,12H,1-6H2,(H2,11,14)/t7-,8?/m0/s1. The number of nitrogens with one attached hydrogen (secondary N) is 1. The SMILES string of the molecule is NC(=O)C1CCCN1C(=O)[C@H]1CCNC1.